The van der Waals surface area contributed by atoms with E-state index in [1.54, 1.807) is 29.2 Å². The fraction of sp³-hybridized carbons (Fsp3) is 0.200. The fourth-order valence-corrected chi connectivity index (χ4v) is 2.41. The minimum absolute atomic E-state index is 0.0511. The van der Waals surface area contributed by atoms with Crippen LogP contribution < -0.4 is 10.2 Å². The molecule has 1 aliphatic rings. The number of carbonyl (C=O) groups excluding carboxylic acids is 2. The summed E-state index contributed by atoms with van der Waals surface area (Å²) in [6.45, 7) is 0.653. The summed E-state index contributed by atoms with van der Waals surface area (Å²) in [5.74, 6) is -1.19. The van der Waals surface area contributed by atoms with E-state index in [1.807, 2.05) is 0 Å². The van der Waals surface area contributed by atoms with Crippen molar-refractivity contribution in [3.8, 4) is 0 Å². The number of nitrogens with zero attached hydrogens (tertiary/aromatic N) is 2. The Morgan fingerprint density at radius 1 is 1.30 bits per heavy atom. The molecule has 2 heterocycles. The smallest absolute Gasteiger partial charge is 0.395 e. The third-order valence-corrected chi connectivity index (χ3v) is 3.48. The normalized spacial score (nSPS) is 14.1. The number of furan rings is 1. The molecule has 1 saturated heterocycles. The number of rotatable bonds is 4. The number of benzene rings is 1. The van der Waals surface area contributed by atoms with Gasteiger partial charge in [0, 0.05) is 24.3 Å². The molecule has 8 heteroatoms. The van der Waals surface area contributed by atoms with Gasteiger partial charge in [-0.1, -0.05) is 6.07 Å². The van der Waals surface area contributed by atoms with Crippen molar-refractivity contribution < 1.29 is 18.9 Å². The van der Waals surface area contributed by atoms with Gasteiger partial charge < -0.3 is 14.6 Å². The fourth-order valence-electron chi connectivity index (χ4n) is 2.41. The Hall–Kier alpha value is -3.16. The molecular formula is C15H13N3O5. The van der Waals surface area contributed by atoms with Crippen molar-refractivity contribution in [3.05, 3.63) is 52.3 Å². The lowest BCUT2D eigenvalue weighted by atomic mass is 10.2. The van der Waals surface area contributed by atoms with Gasteiger partial charge in [-0.05, 0) is 30.7 Å². The zero-order valence-electron chi connectivity index (χ0n) is 12.0. The molecule has 3 rings (SSSR count). The number of hydrogen-bond acceptors (Lipinski definition) is 5. The predicted octanol–water partition coefficient (Wildman–Crippen LogP) is 2.57. The number of nitrogens with one attached hydrogen (secondary N) is 1. The molecule has 8 nitrogen and oxygen atoms in total. The maximum atomic E-state index is 12.0. The molecule has 2 amide bonds. The molecule has 0 saturated carbocycles. The highest BCUT2D eigenvalue weighted by atomic mass is 16.6. The summed E-state index contributed by atoms with van der Waals surface area (Å²) < 4.78 is 4.85. The van der Waals surface area contributed by atoms with E-state index in [1.165, 1.54) is 6.07 Å². The lowest BCUT2D eigenvalue weighted by Gasteiger charge is -2.16. The van der Waals surface area contributed by atoms with Crippen LogP contribution in [-0.2, 0) is 4.79 Å². The summed E-state index contributed by atoms with van der Waals surface area (Å²) in [6.07, 6.45) is 1.33. The Bertz CT molecular complexity index is 783. The van der Waals surface area contributed by atoms with Crippen molar-refractivity contribution >= 4 is 29.1 Å². The topological polar surface area (TPSA) is 106 Å². The summed E-state index contributed by atoms with van der Waals surface area (Å²) in [6, 6.07) is 9.21. The molecule has 1 aromatic carbocycles. The third-order valence-electron chi connectivity index (χ3n) is 3.48. The Morgan fingerprint density at radius 3 is 2.78 bits per heavy atom. The molecule has 0 aliphatic carbocycles. The van der Waals surface area contributed by atoms with Crippen LogP contribution in [0.3, 0.4) is 0 Å². The van der Waals surface area contributed by atoms with Gasteiger partial charge in [0.25, 0.3) is 5.91 Å². The van der Waals surface area contributed by atoms with Crippen molar-refractivity contribution in [2.24, 2.45) is 0 Å². The van der Waals surface area contributed by atoms with Gasteiger partial charge in [-0.3, -0.25) is 19.7 Å². The monoisotopic (exact) mass is 315 g/mol. The number of nitro groups is 1. The van der Waals surface area contributed by atoms with Crippen molar-refractivity contribution in [3.63, 3.8) is 0 Å². The number of carbonyl (C=O) groups is 2. The molecule has 2 aromatic rings. The lowest BCUT2D eigenvalue weighted by molar-refractivity contribution is -0.402. The lowest BCUT2D eigenvalue weighted by Crippen LogP contribution is -2.23. The maximum Gasteiger partial charge on any atom is 0.433 e. The van der Waals surface area contributed by atoms with Gasteiger partial charge in [-0.15, -0.1) is 0 Å². The van der Waals surface area contributed by atoms with E-state index in [2.05, 4.69) is 5.32 Å². The first-order chi connectivity index (χ1) is 11.0. The molecule has 118 valence electrons. The van der Waals surface area contributed by atoms with Crippen molar-refractivity contribution in [1.29, 1.82) is 0 Å². The van der Waals surface area contributed by atoms with Crippen LogP contribution in [0.1, 0.15) is 23.4 Å². The molecule has 1 aliphatic heterocycles. The first-order valence-electron chi connectivity index (χ1n) is 7.00. The van der Waals surface area contributed by atoms with Gasteiger partial charge in [-0.25, -0.2) is 0 Å². The molecular weight excluding hydrogens is 302 g/mol. The van der Waals surface area contributed by atoms with Crippen molar-refractivity contribution in [1.82, 2.24) is 0 Å². The molecule has 0 unspecified atom stereocenters. The van der Waals surface area contributed by atoms with E-state index in [-0.39, 0.29) is 11.7 Å². The Morgan fingerprint density at radius 2 is 2.13 bits per heavy atom. The van der Waals surface area contributed by atoms with Gasteiger partial charge in [0.05, 0.1) is 6.07 Å². The van der Waals surface area contributed by atoms with E-state index in [9.17, 15) is 19.7 Å². The maximum absolute atomic E-state index is 12.0. The van der Waals surface area contributed by atoms with Crippen LogP contribution in [0.4, 0.5) is 17.3 Å². The summed E-state index contributed by atoms with van der Waals surface area (Å²) in [7, 11) is 0. The van der Waals surface area contributed by atoms with Crippen LogP contribution in [0, 0.1) is 10.1 Å². The highest BCUT2D eigenvalue weighted by Gasteiger charge is 2.22. The SMILES string of the molecule is O=C(Nc1cccc(N2CCCC2=O)c1)c1ccc([N+](=O)[O-])o1. The summed E-state index contributed by atoms with van der Waals surface area (Å²) in [4.78, 5) is 35.3. The average molecular weight is 315 g/mol. The molecule has 0 atom stereocenters. The highest BCUT2D eigenvalue weighted by molar-refractivity contribution is 6.03. The quantitative estimate of drug-likeness (QED) is 0.689. The van der Waals surface area contributed by atoms with E-state index in [4.69, 9.17) is 4.42 Å². The zero-order valence-corrected chi connectivity index (χ0v) is 12.0. The van der Waals surface area contributed by atoms with E-state index in [0.29, 0.717) is 24.3 Å². The van der Waals surface area contributed by atoms with Gasteiger partial charge in [0.1, 0.15) is 4.92 Å². The standard InChI is InChI=1S/C15H13N3O5/c19-13-5-2-8-17(13)11-4-1-3-10(9-11)16-15(20)12-6-7-14(23-12)18(21)22/h1,3-4,6-7,9H,2,5,8H2,(H,16,20). The summed E-state index contributed by atoms with van der Waals surface area (Å²) >= 11 is 0. The molecule has 0 bridgehead atoms. The second-order valence-electron chi connectivity index (χ2n) is 5.05. The minimum Gasteiger partial charge on any atom is -0.395 e. The van der Waals surface area contributed by atoms with Crippen LogP contribution in [0.25, 0.3) is 0 Å². The number of amides is 2. The molecule has 1 fully saturated rings. The highest BCUT2D eigenvalue weighted by Crippen LogP contribution is 2.25. The predicted molar refractivity (Wildman–Crippen MR) is 81.3 cm³/mol. The van der Waals surface area contributed by atoms with E-state index < -0.39 is 16.7 Å². The van der Waals surface area contributed by atoms with Crippen LogP contribution in [0.2, 0.25) is 0 Å². The van der Waals surface area contributed by atoms with Gasteiger partial charge in [0.15, 0.2) is 5.76 Å². The van der Waals surface area contributed by atoms with Crippen LogP contribution in [-0.4, -0.2) is 23.3 Å². The molecule has 0 spiro atoms. The first-order valence-corrected chi connectivity index (χ1v) is 7.00. The van der Waals surface area contributed by atoms with Gasteiger partial charge in [-0.2, -0.15) is 0 Å². The molecule has 1 N–H and O–H groups in total. The Kier molecular flexibility index (Phi) is 3.80. The number of anilines is 2. The van der Waals surface area contributed by atoms with Crippen molar-refractivity contribution in [2.75, 3.05) is 16.8 Å². The van der Waals surface area contributed by atoms with E-state index in [0.717, 1.165) is 12.5 Å². The van der Waals surface area contributed by atoms with Crippen LogP contribution in [0.15, 0.2) is 40.8 Å². The van der Waals surface area contributed by atoms with Crippen LogP contribution >= 0.6 is 0 Å². The molecule has 1 aromatic heterocycles. The largest absolute Gasteiger partial charge is 0.433 e. The van der Waals surface area contributed by atoms with Crippen molar-refractivity contribution in [2.45, 2.75) is 12.8 Å². The first kappa shape index (κ1) is 14.8. The number of hydrogen-bond donors (Lipinski definition) is 1. The zero-order chi connectivity index (χ0) is 16.4. The van der Waals surface area contributed by atoms with Gasteiger partial charge in [0.2, 0.25) is 5.91 Å². The Labute approximate surface area is 130 Å². The second-order valence-corrected chi connectivity index (χ2v) is 5.05. The van der Waals surface area contributed by atoms with Crippen LogP contribution in [0.5, 0.6) is 0 Å². The Balaban J connectivity index is 1.75. The minimum atomic E-state index is -0.712. The summed E-state index contributed by atoms with van der Waals surface area (Å²) in [5, 5.41) is 13.2. The van der Waals surface area contributed by atoms with E-state index >= 15 is 0 Å². The molecule has 23 heavy (non-hydrogen) atoms. The molecule has 0 radical (unpaired) electrons. The van der Waals surface area contributed by atoms with Gasteiger partial charge >= 0.3 is 5.88 Å². The summed E-state index contributed by atoms with van der Waals surface area (Å²) in [5.41, 5.74) is 1.18. The average Bonchev–Trinajstić information content (AvgIpc) is 3.16. The third kappa shape index (κ3) is 3.05. The second kappa shape index (κ2) is 5.91.